The molecule has 1 amide bonds. The Morgan fingerprint density at radius 2 is 1.97 bits per heavy atom. The van der Waals surface area contributed by atoms with Crippen molar-refractivity contribution >= 4 is 40.6 Å². The van der Waals surface area contributed by atoms with E-state index in [1.165, 1.54) is 37.1 Å². The standard InChI is InChI=1S/C20H20ClN5O5S/c1-30-10-9-25-19(13-3-5-14(21)6-4-13)23-24-20(25)32-12-18(27)22-16-8-7-15(26(28)29)11-17(16)31-2/h3-8,11H,9-10,12H2,1-2H3,(H,22,27). The number of nitrogens with one attached hydrogen (secondary N) is 1. The number of non-ortho nitro benzene ring substituents is 1. The van der Waals surface area contributed by atoms with Crippen molar-refractivity contribution in [2.45, 2.75) is 11.7 Å². The van der Waals surface area contributed by atoms with Gasteiger partial charge in [-0.15, -0.1) is 10.2 Å². The van der Waals surface area contributed by atoms with E-state index in [1.54, 1.807) is 19.2 Å². The van der Waals surface area contributed by atoms with Crippen LogP contribution in [0.15, 0.2) is 47.6 Å². The number of ether oxygens (including phenoxy) is 2. The molecule has 0 fully saturated rings. The number of carbonyl (C=O) groups is 1. The average Bonchev–Trinajstić information content (AvgIpc) is 3.19. The van der Waals surface area contributed by atoms with Crippen molar-refractivity contribution in [3.05, 3.63) is 57.6 Å². The van der Waals surface area contributed by atoms with Crippen LogP contribution in [0.1, 0.15) is 0 Å². The average molecular weight is 478 g/mol. The zero-order valence-corrected chi connectivity index (χ0v) is 18.9. The Labute approximate surface area is 193 Å². The lowest BCUT2D eigenvalue weighted by Crippen LogP contribution is -2.16. The normalized spacial score (nSPS) is 10.7. The van der Waals surface area contributed by atoms with Crippen LogP contribution in [0.2, 0.25) is 5.02 Å². The first-order chi connectivity index (χ1) is 15.4. The minimum Gasteiger partial charge on any atom is -0.494 e. The number of halogens is 1. The SMILES string of the molecule is COCCn1c(SCC(=O)Nc2ccc([N+](=O)[O-])cc2OC)nnc1-c1ccc(Cl)cc1. The van der Waals surface area contributed by atoms with Gasteiger partial charge in [0.2, 0.25) is 5.91 Å². The van der Waals surface area contributed by atoms with Crippen LogP contribution in [-0.4, -0.2) is 52.2 Å². The van der Waals surface area contributed by atoms with Crippen LogP contribution in [-0.2, 0) is 16.1 Å². The van der Waals surface area contributed by atoms with Crippen LogP contribution in [0.4, 0.5) is 11.4 Å². The Balaban J connectivity index is 1.73. The van der Waals surface area contributed by atoms with Crippen LogP contribution in [0, 0.1) is 10.1 Å². The van der Waals surface area contributed by atoms with Gasteiger partial charge in [-0.2, -0.15) is 0 Å². The molecule has 3 aromatic rings. The maximum atomic E-state index is 12.5. The Bertz CT molecular complexity index is 1110. The molecule has 0 aliphatic heterocycles. The van der Waals surface area contributed by atoms with Crippen molar-refractivity contribution < 1.29 is 19.2 Å². The van der Waals surface area contributed by atoms with Gasteiger partial charge in [0.05, 0.1) is 42.7 Å². The molecule has 10 nitrogen and oxygen atoms in total. The van der Waals surface area contributed by atoms with Crippen molar-refractivity contribution in [1.82, 2.24) is 14.8 Å². The zero-order valence-electron chi connectivity index (χ0n) is 17.3. The molecule has 32 heavy (non-hydrogen) atoms. The molecule has 12 heteroatoms. The van der Waals surface area contributed by atoms with E-state index in [1.807, 2.05) is 16.7 Å². The van der Waals surface area contributed by atoms with Gasteiger partial charge in [0.15, 0.2) is 11.0 Å². The Morgan fingerprint density at radius 3 is 2.62 bits per heavy atom. The number of rotatable bonds is 10. The number of nitrogens with zero attached hydrogens (tertiary/aromatic N) is 4. The van der Waals surface area contributed by atoms with E-state index < -0.39 is 4.92 Å². The summed E-state index contributed by atoms with van der Waals surface area (Å²) in [7, 11) is 2.98. The highest BCUT2D eigenvalue weighted by atomic mass is 35.5. The second kappa shape index (κ2) is 10.9. The molecule has 1 heterocycles. The second-order valence-corrected chi connectivity index (χ2v) is 7.81. The largest absolute Gasteiger partial charge is 0.494 e. The first-order valence-electron chi connectivity index (χ1n) is 9.36. The number of aromatic nitrogens is 3. The predicted octanol–water partition coefficient (Wildman–Crippen LogP) is 3.89. The number of benzene rings is 2. The van der Waals surface area contributed by atoms with Gasteiger partial charge >= 0.3 is 0 Å². The van der Waals surface area contributed by atoms with Gasteiger partial charge in [-0.05, 0) is 30.3 Å². The molecule has 0 saturated heterocycles. The molecule has 0 spiro atoms. The molecule has 1 N–H and O–H groups in total. The van der Waals surface area contributed by atoms with Crippen LogP contribution >= 0.6 is 23.4 Å². The van der Waals surface area contributed by atoms with Crippen molar-refractivity contribution in [3.8, 4) is 17.1 Å². The van der Waals surface area contributed by atoms with Gasteiger partial charge in [-0.3, -0.25) is 19.5 Å². The summed E-state index contributed by atoms with van der Waals surface area (Å²) in [5.41, 5.74) is 1.05. The van der Waals surface area contributed by atoms with Crippen LogP contribution < -0.4 is 10.1 Å². The number of methoxy groups -OCH3 is 2. The quantitative estimate of drug-likeness (QED) is 0.265. The summed E-state index contributed by atoms with van der Waals surface area (Å²) in [6.07, 6.45) is 0. The van der Waals surface area contributed by atoms with Gasteiger partial charge in [0, 0.05) is 23.8 Å². The lowest BCUT2D eigenvalue weighted by Gasteiger charge is -2.11. The molecule has 0 saturated carbocycles. The summed E-state index contributed by atoms with van der Waals surface area (Å²) in [5, 5.41) is 23.3. The highest BCUT2D eigenvalue weighted by Gasteiger charge is 2.17. The number of anilines is 1. The fourth-order valence-corrected chi connectivity index (χ4v) is 3.70. The Morgan fingerprint density at radius 1 is 1.22 bits per heavy atom. The van der Waals surface area contributed by atoms with Crippen molar-refractivity contribution in [3.63, 3.8) is 0 Å². The maximum absolute atomic E-state index is 12.5. The first kappa shape index (κ1) is 23.5. The van der Waals surface area contributed by atoms with Crippen LogP contribution in [0.5, 0.6) is 5.75 Å². The summed E-state index contributed by atoms with van der Waals surface area (Å²) >= 11 is 7.18. The number of amides is 1. The first-order valence-corrected chi connectivity index (χ1v) is 10.7. The van der Waals surface area contributed by atoms with E-state index in [0.29, 0.717) is 34.8 Å². The third kappa shape index (κ3) is 5.75. The summed E-state index contributed by atoms with van der Waals surface area (Å²) in [4.78, 5) is 22.9. The van der Waals surface area contributed by atoms with Gasteiger partial charge in [0.25, 0.3) is 5.69 Å². The molecular weight excluding hydrogens is 458 g/mol. The fourth-order valence-electron chi connectivity index (χ4n) is 2.81. The number of nitro benzene ring substituents is 1. The molecule has 0 radical (unpaired) electrons. The molecule has 0 atom stereocenters. The van der Waals surface area contributed by atoms with Gasteiger partial charge < -0.3 is 14.8 Å². The summed E-state index contributed by atoms with van der Waals surface area (Å²) < 4.78 is 12.2. The third-order valence-electron chi connectivity index (χ3n) is 4.34. The zero-order chi connectivity index (χ0) is 23.1. The molecule has 2 aromatic carbocycles. The van der Waals surface area contributed by atoms with E-state index in [9.17, 15) is 14.9 Å². The molecule has 0 bridgehead atoms. The topological polar surface area (TPSA) is 121 Å². The number of hydrogen-bond donors (Lipinski definition) is 1. The van der Waals surface area contributed by atoms with E-state index in [0.717, 1.165) is 5.56 Å². The number of thioether (sulfide) groups is 1. The minimum absolute atomic E-state index is 0.0475. The van der Waals surface area contributed by atoms with Crippen molar-refractivity contribution in [2.24, 2.45) is 0 Å². The number of hydrogen-bond acceptors (Lipinski definition) is 8. The predicted molar refractivity (Wildman–Crippen MR) is 121 cm³/mol. The minimum atomic E-state index is -0.533. The summed E-state index contributed by atoms with van der Waals surface area (Å²) in [5.74, 6) is 0.562. The highest BCUT2D eigenvalue weighted by Crippen LogP contribution is 2.30. The molecular formula is C20H20ClN5O5S. The second-order valence-electron chi connectivity index (χ2n) is 6.44. The monoisotopic (exact) mass is 477 g/mol. The summed E-state index contributed by atoms with van der Waals surface area (Å²) in [6, 6.07) is 11.2. The Kier molecular flexibility index (Phi) is 8.03. The number of nitro groups is 1. The molecule has 1 aromatic heterocycles. The van der Waals surface area contributed by atoms with E-state index >= 15 is 0 Å². The molecule has 0 aliphatic carbocycles. The van der Waals surface area contributed by atoms with Gasteiger partial charge in [-0.25, -0.2) is 0 Å². The fraction of sp³-hybridized carbons (Fsp3) is 0.250. The lowest BCUT2D eigenvalue weighted by atomic mass is 10.2. The summed E-state index contributed by atoms with van der Waals surface area (Å²) in [6.45, 7) is 0.944. The molecule has 3 rings (SSSR count). The van der Waals surface area contributed by atoms with Gasteiger partial charge in [0.1, 0.15) is 5.75 Å². The Hall–Kier alpha value is -3.15. The molecule has 0 aliphatic rings. The van der Waals surface area contributed by atoms with E-state index in [-0.39, 0.29) is 23.1 Å². The lowest BCUT2D eigenvalue weighted by molar-refractivity contribution is -0.384. The smallest absolute Gasteiger partial charge is 0.273 e. The highest BCUT2D eigenvalue weighted by molar-refractivity contribution is 7.99. The van der Waals surface area contributed by atoms with Crippen molar-refractivity contribution in [1.29, 1.82) is 0 Å². The number of carbonyl (C=O) groups excluding carboxylic acids is 1. The third-order valence-corrected chi connectivity index (χ3v) is 5.56. The van der Waals surface area contributed by atoms with Crippen LogP contribution in [0.25, 0.3) is 11.4 Å². The van der Waals surface area contributed by atoms with E-state index in [2.05, 4.69) is 15.5 Å². The van der Waals surface area contributed by atoms with E-state index in [4.69, 9.17) is 21.1 Å². The maximum Gasteiger partial charge on any atom is 0.273 e. The van der Waals surface area contributed by atoms with Crippen molar-refractivity contribution in [2.75, 3.05) is 31.9 Å². The van der Waals surface area contributed by atoms with Gasteiger partial charge in [-0.1, -0.05) is 23.4 Å². The molecule has 168 valence electrons. The molecule has 0 unspecified atom stereocenters. The van der Waals surface area contributed by atoms with Crippen LogP contribution in [0.3, 0.4) is 0 Å².